The summed E-state index contributed by atoms with van der Waals surface area (Å²) >= 11 is 0. The number of ether oxygens (including phenoxy) is 1. The largest absolute Gasteiger partial charge is 0.378 e. The summed E-state index contributed by atoms with van der Waals surface area (Å²) in [5, 5.41) is 6.44. The van der Waals surface area contributed by atoms with Crippen LogP contribution in [0.5, 0.6) is 0 Å². The zero-order chi connectivity index (χ0) is 12.6. The van der Waals surface area contributed by atoms with Gasteiger partial charge >= 0.3 is 0 Å². The molecule has 3 fully saturated rings. The lowest BCUT2D eigenvalue weighted by molar-refractivity contribution is -0.147. The molecule has 1 aliphatic heterocycles. The highest BCUT2D eigenvalue weighted by Crippen LogP contribution is 2.54. The van der Waals surface area contributed by atoms with Crippen LogP contribution in [0.4, 0.5) is 0 Å². The molecule has 102 valence electrons. The predicted octanol–water partition coefficient (Wildman–Crippen LogP) is 1.06. The number of hydrogen-bond donors (Lipinski definition) is 2. The first-order valence-electron chi connectivity index (χ1n) is 7.39. The molecule has 1 spiro atoms. The van der Waals surface area contributed by atoms with E-state index in [2.05, 4.69) is 17.6 Å². The van der Waals surface area contributed by atoms with Crippen molar-refractivity contribution < 1.29 is 9.53 Å². The third-order valence-electron chi connectivity index (χ3n) is 5.16. The van der Waals surface area contributed by atoms with Gasteiger partial charge in [0, 0.05) is 31.2 Å². The van der Waals surface area contributed by atoms with E-state index >= 15 is 0 Å². The van der Waals surface area contributed by atoms with Gasteiger partial charge in [0.25, 0.3) is 0 Å². The van der Waals surface area contributed by atoms with Crippen molar-refractivity contribution in [2.45, 2.75) is 51.2 Å². The summed E-state index contributed by atoms with van der Waals surface area (Å²) < 4.78 is 5.86. The molecule has 2 atom stereocenters. The fourth-order valence-corrected chi connectivity index (χ4v) is 3.85. The molecule has 1 heterocycles. The van der Waals surface area contributed by atoms with Gasteiger partial charge in [-0.05, 0) is 26.2 Å². The van der Waals surface area contributed by atoms with Crippen LogP contribution in [0.25, 0.3) is 0 Å². The van der Waals surface area contributed by atoms with Crippen LogP contribution < -0.4 is 10.6 Å². The Morgan fingerprint density at radius 1 is 1.39 bits per heavy atom. The molecule has 2 N–H and O–H groups in total. The van der Waals surface area contributed by atoms with Gasteiger partial charge in [0.1, 0.15) is 0 Å². The number of nitrogens with one attached hydrogen (secondary N) is 2. The van der Waals surface area contributed by atoms with Gasteiger partial charge in [0.2, 0.25) is 5.91 Å². The van der Waals surface area contributed by atoms with Crippen molar-refractivity contribution in [2.75, 3.05) is 19.7 Å². The lowest BCUT2D eigenvalue weighted by Crippen LogP contribution is -2.65. The van der Waals surface area contributed by atoms with Crippen LogP contribution in [0, 0.1) is 11.3 Å². The van der Waals surface area contributed by atoms with Crippen molar-refractivity contribution >= 4 is 5.91 Å². The summed E-state index contributed by atoms with van der Waals surface area (Å²) in [4.78, 5) is 12.0. The summed E-state index contributed by atoms with van der Waals surface area (Å²) in [6.07, 6.45) is 6.44. The molecule has 0 radical (unpaired) electrons. The summed E-state index contributed by atoms with van der Waals surface area (Å²) in [7, 11) is 0. The Labute approximate surface area is 109 Å². The van der Waals surface area contributed by atoms with Crippen LogP contribution in [0.1, 0.15) is 39.0 Å². The normalized spacial score (nSPS) is 34.1. The van der Waals surface area contributed by atoms with Crippen LogP contribution in [0.3, 0.4) is 0 Å². The fraction of sp³-hybridized carbons (Fsp3) is 0.929. The van der Waals surface area contributed by atoms with E-state index in [1.54, 1.807) is 0 Å². The Morgan fingerprint density at radius 3 is 2.67 bits per heavy atom. The highest BCUT2D eigenvalue weighted by atomic mass is 16.5. The van der Waals surface area contributed by atoms with Crippen molar-refractivity contribution in [2.24, 2.45) is 11.3 Å². The minimum Gasteiger partial charge on any atom is -0.378 e. The average molecular weight is 252 g/mol. The second kappa shape index (κ2) is 4.82. The van der Waals surface area contributed by atoms with Crippen molar-refractivity contribution in [3.05, 3.63) is 0 Å². The molecule has 2 aliphatic carbocycles. The van der Waals surface area contributed by atoms with Crippen molar-refractivity contribution in [3.8, 4) is 0 Å². The molecule has 0 aromatic rings. The van der Waals surface area contributed by atoms with Gasteiger partial charge in [-0.3, -0.25) is 4.79 Å². The molecule has 1 amide bonds. The SMILES string of the molecule is CCOC1CC(NC(=O)C2CNC2)C12CCCC2. The van der Waals surface area contributed by atoms with E-state index in [1.165, 1.54) is 25.7 Å². The van der Waals surface area contributed by atoms with Gasteiger partial charge in [-0.2, -0.15) is 0 Å². The van der Waals surface area contributed by atoms with Gasteiger partial charge < -0.3 is 15.4 Å². The van der Waals surface area contributed by atoms with E-state index in [0.29, 0.717) is 12.1 Å². The van der Waals surface area contributed by atoms with E-state index in [1.807, 2.05) is 0 Å². The zero-order valence-electron chi connectivity index (χ0n) is 11.2. The van der Waals surface area contributed by atoms with Crippen molar-refractivity contribution in [3.63, 3.8) is 0 Å². The van der Waals surface area contributed by atoms with Gasteiger partial charge in [-0.25, -0.2) is 0 Å². The highest BCUT2D eigenvalue weighted by molar-refractivity contribution is 5.80. The molecule has 18 heavy (non-hydrogen) atoms. The Bertz CT molecular complexity index is 322. The standard InChI is InChI=1S/C14H24N2O2/c1-2-18-12-7-11(14(12)5-3-4-6-14)16-13(17)10-8-15-9-10/h10-12,15H,2-9H2,1H3,(H,16,17). The Hall–Kier alpha value is -0.610. The molecular formula is C14H24N2O2. The van der Waals surface area contributed by atoms with E-state index < -0.39 is 0 Å². The third kappa shape index (κ3) is 1.86. The van der Waals surface area contributed by atoms with Gasteiger partial charge in [0.15, 0.2) is 0 Å². The van der Waals surface area contributed by atoms with Crippen LogP contribution in [0.15, 0.2) is 0 Å². The molecular weight excluding hydrogens is 228 g/mol. The molecule has 3 aliphatic rings. The second-order valence-electron chi connectivity index (χ2n) is 6.04. The summed E-state index contributed by atoms with van der Waals surface area (Å²) in [5.41, 5.74) is 0.267. The average Bonchev–Trinajstić information content (AvgIpc) is 2.77. The Morgan fingerprint density at radius 2 is 2.11 bits per heavy atom. The maximum atomic E-state index is 12.0. The van der Waals surface area contributed by atoms with Crippen molar-refractivity contribution in [1.29, 1.82) is 0 Å². The molecule has 1 saturated heterocycles. The number of amides is 1. The number of carbonyl (C=O) groups excluding carboxylic acids is 1. The number of rotatable bonds is 4. The summed E-state index contributed by atoms with van der Waals surface area (Å²) in [5.74, 6) is 0.453. The minimum absolute atomic E-state index is 0.203. The molecule has 2 unspecified atom stereocenters. The van der Waals surface area contributed by atoms with Crippen LogP contribution in [0.2, 0.25) is 0 Å². The minimum atomic E-state index is 0.203. The van der Waals surface area contributed by atoms with Crippen LogP contribution in [-0.2, 0) is 9.53 Å². The third-order valence-corrected chi connectivity index (χ3v) is 5.16. The van der Waals surface area contributed by atoms with E-state index in [-0.39, 0.29) is 17.2 Å². The molecule has 0 aromatic carbocycles. The topological polar surface area (TPSA) is 50.4 Å². The number of carbonyl (C=O) groups is 1. The summed E-state index contributed by atoms with van der Waals surface area (Å²) in [6.45, 7) is 4.55. The van der Waals surface area contributed by atoms with E-state index in [0.717, 1.165) is 26.1 Å². The number of hydrogen-bond acceptors (Lipinski definition) is 3. The fourth-order valence-electron chi connectivity index (χ4n) is 3.85. The lowest BCUT2D eigenvalue weighted by Gasteiger charge is -2.54. The first kappa shape index (κ1) is 12.4. The molecule has 2 saturated carbocycles. The Balaban J connectivity index is 1.60. The summed E-state index contributed by atoms with van der Waals surface area (Å²) in [6, 6.07) is 0.365. The lowest BCUT2D eigenvalue weighted by atomic mass is 9.60. The van der Waals surface area contributed by atoms with Gasteiger partial charge in [0.05, 0.1) is 12.0 Å². The first-order valence-corrected chi connectivity index (χ1v) is 7.39. The van der Waals surface area contributed by atoms with Crippen LogP contribution in [-0.4, -0.2) is 37.7 Å². The van der Waals surface area contributed by atoms with E-state index in [9.17, 15) is 4.79 Å². The zero-order valence-corrected chi connectivity index (χ0v) is 11.2. The molecule has 4 nitrogen and oxygen atoms in total. The maximum Gasteiger partial charge on any atom is 0.225 e. The Kier molecular flexibility index (Phi) is 3.32. The maximum absolute atomic E-state index is 12.0. The highest BCUT2D eigenvalue weighted by Gasteiger charge is 2.57. The van der Waals surface area contributed by atoms with Gasteiger partial charge in [-0.1, -0.05) is 12.8 Å². The molecule has 0 bridgehead atoms. The first-order chi connectivity index (χ1) is 8.76. The monoisotopic (exact) mass is 252 g/mol. The van der Waals surface area contributed by atoms with E-state index in [4.69, 9.17) is 4.74 Å². The van der Waals surface area contributed by atoms with Crippen LogP contribution >= 0.6 is 0 Å². The van der Waals surface area contributed by atoms with Crippen molar-refractivity contribution in [1.82, 2.24) is 10.6 Å². The molecule has 3 rings (SSSR count). The molecule has 0 aromatic heterocycles. The predicted molar refractivity (Wildman–Crippen MR) is 69.2 cm³/mol. The van der Waals surface area contributed by atoms with Gasteiger partial charge in [-0.15, -0.1) is 0 Å². The smallest absolute Gasteiger partial charge is 0.225 e. The molecule has 4 heteroatoms. The quantitative estimate of drug-likeness (QED) is 0.786. The second-order valence-corrected chi connectivity index (χ2v) is 6.04.